The summed E-state index contributed by atoms with van der Waals surface area (Å²) in [6, 6.07) is 1.41. The van der Waals surface area contributed by atoms with E-state index in [1.54, 1.807) is 0 Å². The maximum absolute atomic E-state index is 13.0. The molecule has 120 valence electrons. The molecule has 1 saturated carbocycles. The van der Waals surface area contributed by atoms with Crippen LogP contribution in [0.2, 0.25) is 0 Å². The summed E-state index contributed by atoms with van der Waals surface area (Å²) in [6.07, 6.45) is -1.89. The molecule has 2 atom stereocenters. The van der Waals surface area contributed by atoms with Crippen molar-refractivity contribution in [3.63, 3.8) is 0 Å². The number of nitrogens with zero attached hydrogens (tertiary/aromatic N) is 1. The lowest BCUT2D eigenvalue weighted by atomic mass is 9.84. The standard InChI is InChI=1S/C14H15F3N2O3/c15-14(16,17)9-3-1-2-4-10(9)19-12(20)8-5-6-11(13(21)22)18-7-8/h5-7,9-10H,1-4H2,(H,19,20)(H,21,22)/t9-,10-/m0/s1. The van der Waals surface area contributed by atoms with Crippen molar-refractivity contribution in [2.24, 2.45) is 5.92 Å². The largest absolute Gasteiger partial charge is 0.477 e. The van der Waals surface area contributed by atoms with Gasteiger partial charge in [-0.05, 0) is 25.0 Å². The van der Waals surface area contributed by atoms with Gasteiger partial charge in [0.05, 0.1) is 11.5 Å². The number of amides is 1. The number of pyridine rings is 1. The van der Waals surface area contributed by atoms with Crippen LogP contribution in [0.5, 0.6) is 0 Å². The summed E-state index contributed by atoms with van der Waals surface area (Å²) in [5, 5.41) is 11.1. The minimum absolute atomic E-state index is 0.00461. The number of alkyl halides is 3. The molecule has 1 aromatic heterocycles. The molecular formula is C14H15F3N2O3. The van der Waals surface area contributed by atoms with Gasteiger partial charge < -0.3 is 10.4 Å². The van der Waals surface area contributed by atoms with Crippen LogP contribution >= 0.6 is 0 Å². The molecule has 0 unspecified atom stereocenters. The van der Waals surface area contributed by atoms with E-state index in [4.69, 9.17) is 5.11 Å². The fourth-order valence-electron chi connectivity index (χ4n) is 2.60. The van der Waals surface area contributed by atoms with Gasteiger partial charge in [0, 0.05) is 12.2 Å². The molecule has 0 aromatic carbocycles. The third kappa shape index (κ3) is 3.75. The maximum Gasteiger partial charge on any atom is 0.393 e. The van der Waals surface area contributed by atoms with Crippen LogP contribution in [0.15, 0.2) is 18.3 Å². The Labute approximate surface area is 124 Å². The quantitative estimate of drug-likeness (QED) is 0.898. The van der Waals surface area contributed by atoms with E-state index >= 15 is 0 Å². The van der Waals surface area contributed by atoms with Crippen LogP contribution in [0.1, 0.15) is 46.5 Å². The molecule has 22 heavy (non-hydrogen) atoms. The number of rotatable bonds is 3. The summed E-state index contributed by atoms with van der Waals surface area (Å²) < 4.78 is 38.9. The number of halogens is 3. The smallest absolute Gasteiger partial charge is 0.393 e. The predicted octanol–water partition coefficient (Wildman–Crippen LogP) is 2.63. The number of carboxylic acid groups (broad SMARTS) is 1. The molecular weight excluding hydrogens is 301 g/mol. The van der Waals surface area contributed by atoms with Gasteiger partial charge in [-0.3, -0.25) is 4.79 Å². The molecule has 1 heterocycles. The lowest BCUT2D eigenvalue weighted by molar-refractivity contribution is -0.187. The Balaban J connectivity index is 2.08. The average Bonchev–Trinajstić information content (AvgIpc) is 2.46. The lowest BCUT2D eigenvalue weighted by Crippen LogP contribution is -2.47. The van der Waals surface area contributed by atoms with Gasteiger partial charge in [0.25, 0.3) is 5.91 Å². The number of carboxylic acids is 1. The van der Waals surface area contributed by atoms with Crippen molar-refractivity contribution in [3.8, 4) is 0 Å². The third-order valence-corrected chi connectivity index (χ3v) is 3.75. The van der Waals surface area contributed by atoms with Crippen molar-refractivity contribution in [3.05, 3.63) is 29.6 Å². The van der Waals surface area contributed by atoms with Crippen molar-refractivity contribution in [1.29, 1.82) is 0 Å². The number of hydrogen-bond donors (Lipinski definition) is 2. The highest BCUT2D eigenvalue weighted by Crippen LogP contribution is 2.37. The van der Waals surface area contributed by atoms with Crippen molar-refractivity contribution in [2.45, 2.75) is 37.9 Å². The van der Waals surface area contributed by atoms with Crippen LogP contribution in [0.25, 0.3) is 0 Å². The van der Waals surface area contributed by atoms with Gasteiger partial charge in [0.15, 0.2) is 0 Å². The molecule has 2 N–H and O–H groups in total. The van der Waals surface area contributed by atoms with E-state index in [0.29, 0.717) is 12.8 Å². The molecule has 5 nitrogen and oxygen atoms in total. The minimum atomic E-state index is -4.34. The molecule has 0 bridgehead atoms. The van der Waals surface area contributed by atoms with Gasteiger partial charge in [-0.1, -0.05) is 12.8 Å². The van der Waals surface area contributed by atoms with Crippen molar-refractivity contribution < 1.29 is 27.9 Å². The van der Waals surface area contributed by atoms with Crippen LogP contribution in [-0.4, -0.2) is 34.2 Å². The van der Waals surface area contributed by atoms with E-state index in [9.17, 15) is 22.8 Å². The summed E-state index contributed by atoms with van der Waals surface area (Å²) in [5.41, 5.74) is -0.195. The maximum atomic E-state index is 13.0. The van der Waals surface area contributed by atoms with E-state index in [2.05, 4.69) is 10.3 Å². The highest BCUT2D eigenvalue weighted by Gasteiger charge is 2.45. The fraction of sp³-hybridized carbons (Fsp3) is 0.500. The van der Waals surface area contributed by atoms with Gasteiger partial charge in [0.1, 0.15) is 5.69 Å². The number of carbonyl (C=O) groups excluding carboxylic acids is 1. The van der Waals surface area contributed by atoms with Gasteiger partial charge in [-0.25, -0.2) is 9.78 Å². The van der Waals surface area contributed by atoms with E-state index in [-0.39, 0.29) is 24.1 Å². The highest BCUT2D eigenvalue weighted by molar-refractivity contribution is 5.95. The zero-order valence-corrected chi connectivity index (χ0v) is 11.6. The molecule has 1 aromatic rings. The molecule has 1 amide bonds. The van der Waals surface area contributed by atoms with Crippen LogP contribution in [0.3, 0.4) is 0 Å². The van der Waals surface area contributed by atoms with E-state index in [1.807, 2.05) is 0 Å². The SMILES string of the molecule is O=C(N[C@H]1CCCC[C@@H]1C(F)(F)F)c1ccc(C(=O)O)nc1. The van der Waals surface area contributed by atoms with Gasteiger partial charge in [0.2, 0.25) is 0 Å². The number of carbonyl (C=O) groups is 2. The summed E-state index contributed by atoms with van der Waals surface area (Å²) >= 11 is 0. The molecule has 0 aliphatic heterocycles. The predicted molar refractivity (Wildman–Crippen MR) is 70.5 cm³/mol. The Bertz CT molecular complexity index is 557. The molecule has 8 heteroatoms. The molecule has 1 aliphatic carbocycles. The number of aromatic carboxylic acids is 1. The second-order valence-corrected chi connectivity index (χ2v) is 5.25. The summed E-state index contributed by atoms with van der Waals surface area (Å²) in [5.74, 6) is -3.46. The second kappa shape index (κ2) is 6.33. The van der Waals surface area contributed by atoms with Crippen LogP contribution < -0.4 is 5.32 Å². The molecule has 0 saturated heterocycles. The first kappa shape index (κ1) is 16.3. The fourth-order valence-corrected chi connectivity index (χ4v) is 2.60. The highest BCUT2D eigenvalue weighted by atomic mass is 19.4. The van der Waals surface area contributed by atoms with E-state index < -0.39 is 30.0 Å². The first-order valence-electron chi connectivity index (χ1n) is 6.86. The Morgan fingerprint density at radius 1 is 1.23 bits per heavy atom. The van der Waals surface area contributed by atoms with Gasteiger partial charge >= 0.3 is 12.1 Å². The third-order valence-electron chi connectivity index (χ3n) is 3.75. The summed E-state index contributed by atoms with van der Waals surface area (Å²) in [7, 11) is 0. The molecule has 2 rings (SSSR count). The Hall–Kier alpha value is -2.12. The summed E-state index contributed by atoms with van der Waals surface area (Å²) in [4.78, 5) is 26.2. The van der Waals surface area contributed by atoms with E-state index in [0.717, 1.165) is 12.3 Å². The number of aromatic nitrogens is 1. The van der Waals surface area contributed by atoms with Crippen molar-refractivity contribution in [1.82, 2.24) is 10.3 Å². The number of hydrogen-bond acceptors (Lipinski definition) is 3. The molecule has 0 radical (unpaired) electrons. The first-order valence-corrected chi connectivity index (χ1v) is 6.86. The Morgan fingerprint density at radius 2 is 1.91 bits per heavy atom. The van der Waals surface area contributed by atoms with Crippen LogP contribution in [0, 0.1) is 5.92 Å². The van der Waals surface area contributed by atoms with E-state index in [1.165, 1.54) is 6.07 Å². The Morgan fingerprint density at radius 3 is 2.45 bits per heavy atom. The normalized spacial score (nSPS) is 22.1. The summed E-state index contributed by atoms with van der Waals surface area (Å²) in [6.45, 7) is 0. The minimum Gasteiger partial charge on any atom is -0.477 e. The molecule has 1 aliphatic rings. The van der Waals surface area contributed by atoms with Crippen molar-refractivity contribution in [2.75, 3.05) is 0 Å². The average molecular weight is 316 g/mol. The topological polar surface area (TPSA) is 79.3 Å². The van der Waals surface area contributed by atoms with Crippen molar-refractivity contribution >= 4 is 11.9 Å². The Kier molecular flexibility index (Phi) is 4.68. The molecule has 1 fully saturated rings. The van der Waals surface area contributed by atoms with Gasteiger partial charge in [-0.2, -0.15) is 13.2 Å². The lowest BCUT2D eigenvalue weighted by Gasteiger charge is -2.33. The zero-order valence-electron chi connectivity index (χ0n) is 11.6. The van der Waals surface area contributed by atoms with Gasteiger partial charge in [-0.15, -0.1) is 0 Å². The monoisotopic (exact) mass is 316 g/mol. The zero-order chi connectivity index (χ0) is 16.3. The number of nitrogens with one attached hydrogen (secondary N) is 1. The second-order valence-electron chi connectivity index (χ2n) is 5.25. The molecule has 0 spiro atoms. The van der Waals surface area contributed by atoms with Crippen LogP contribution in [-0.2, 0) is 0 Å². The van der Waals surface area contributed by atoms with Crippen LogP contribution in [0.4, 0.5) is 13.2 Å². The first-order chi connectivity index (χ1) is 10.3.